The van der Waals surface area contributed by atoms with Gasteiger partial charge < -0.3 is 16.0 Å². The molecule has 0 atom stereocenters. The van der Waals surface area contributed by atoms with E-state index in [1.54, 1.807) is 0 Å². The maximum atomic E-state index is 12.3. The second-order valence-corrected chi connectivity index (χ2v) is 7.59. The molecule has 1 heterocycles. The number of piperazine rings is 1. The lowest BCUT2D eigenvalue weighted by molar-refractivity contribution is -0.118. The van der Waals surface area contributed by atoms with Gasteiger partial charge in [0, 0.05) is 45.0 Å². The highest BCUT2D eigenvalue weighted by atomic mass is 32.2. The van der Waals surface area contributed by atoms with Crippen LogP contribution in [0.3, 0.4) is 0 Å². The molecule has 3 N–H and O–H groups in total. The third kappa shape index (κ3) is 4.92. The van der Waals surface area contributed by atoms with Crippen molar-refractivity contribution in [3.05, 3.63) is 29.8 Å². The van der Waals surface area contributed by atoms with Gasteiger partial charge in [-0.3, -0.25) is 4.79 Å². The molecule has 1 amide bonds. The second-order valence-electron chi connectivity index (χ2n) is 5.62. The second kappa shape index (κ2) is 7.76. The number of nitrogens with one attached hydrogen (secondary N) is 1. The minimum atomic E-state index is -3.57. The summed E-state index contributed by atoms with van der Waals surface area (Å²) in [5.41, 5.74) is 7.56. The number of nitrogens with zero attached hydrogens (tertiary/aromatic N) is 2. The summed E-state index contributed by atoms with van der Waals surface area (Å²) < 4.78 is 25.9. The molecular formula is C15H24N4O3S. The third-order valence-corrected chi connectivity index (χ3v) is 5.56. The van der Waals surface area contributed by atoms with Crippen molar-refractivity contribution >= 4 is 21.6 Å². The molecule has 0 aliphatic carbocycles. The molecule has 1 saturated heterocycles. The summed E-state index contributed by atoms with van der Waals surface area (Å²) in [6.07, 6.45) is 0. The lowest BCUT2D eigenvalue weighted by Crippen LogP contribution is -2.50. The maximum absolute atomic E-state index is 12.3. The fourth-order valence-electron chi connectivity index (χ4n) is 2.57. The first-order chi connectivity index (χ1) is 10.9. The number of amides is 1. The Bertz CT molecular complexity index is 640. The van der Waals surface area contributed by atoms with Gasteiger partial charge in [0.15, 0.2) is 0 Å². The Morgan fingerprint density at radius 2 is 1.96 bits per heavy atom. The van der Waals surface area contributed by atoms with Crippen LogP contribution in [-0.4, -0.2) is 63.7 Å². The van der Waals surface area contributed by atoms with Crippen LogP contribution in [0.1, 0.15) is 5.56 Å². The minimum absolute atomic E-state index is 0.287. The summed E-state index contributed by atoms with van der Waals surface area (Å²) in [6.45, 7) is 4.63. The SMILES string of the molecule is Cc1cccc(N2CCN(S(=O)(=O)CC(=O)NCCN)CC2)c1. The average Bonchev–Trinajstić information content (AvgIpc) is 2.52. The van der Waals surface area contributed by atoms with Gasteiger partial charge in [0.2, 0.25) is 15.9 Å². The summed E-state index contributed by atoms with van der Waals surface area (Å²) in [4.78, 5) is 13.8. The summed E-state index contributed by atoms with van der Waals surface area (Å²) in [5, 5.41) is 2.49. The first-order valence-corrected chi connectivity index (χ1v) is 9.29. The van der Waals surface area contributed by atoms with Crippen molar-refractivity contribution in [3.63, 3.8) is 0 Å². The number of nitrogens with two attached hydrogens (primary N) is 1. The zero-order valence-corrected chi connectivity index (χ0v) is 14.2. The van der Waals surface area contributed by atoms with Crippen LogP contribution in [0.4, 0.5) is 5.69 Å². The normalized spacial score (nSPS) is 16.3. The first-order valence-electron chi connectivity index (χ1n) is 7.68. The van der Waals surface area contributed by atoms with Crippen molar-refractivity contribution in [3.8, 4) is 0 Å². The molecule has 1 fully saturated rings. The number of anilines is 1. The highest BCUT2D eigenvalue weighted by molar-refractivity contribution is 7.89. The summed E-state index contributed by atoms with van der Waals surface area (Å²) in [7, 11) is -3.57. The van der Waals surface area contributed by atoms with E-state index < -0.39 is 21.7 Å². The molecule has 1 aromatic carbocycles. The van der Waals surface area contributed by atoms with Crippen LogP contribution < -0.4 is 16.0 Å². The molecule has 2 rings (SSSR count). The molecule has 0 unspecified atom stereocenters. The van der Waals surface area contributed by atoms with Gasteiger partial charge in [-0.2, -0.15) is 4.31 Å². The van der Waals surface area contributed by atoms with Crippen LogP contribution in [0.25, 0.3) is 0 Å². The number of benzene rings is 1. The molecule has 0 bridgehead atoms. The quantitative estimate of drug-likeness (QED) is 0.729. The van der Waals surface area contributed by atoms with E-state index in [1.807, 2.05) is 25.1 Å². The van der Waals surface area contributed by atoms with Gasteiger partial charge in [0.1, 0.15) is 5.75 Å². The van der Waals surface area contributed by atoms with E-state index in [1.165, 1.54) is 9.87 Å². The topological polar surface area (TPSA) is 95.7 Å². The number of hydrogen-bond acceptors (Lipinski definition) is 5. The molecule has 0 saturated carbocycles. The standard InChI is InChI=1S/C15H24N4O3S/c1-13-3-2-4-14(11-13)18-7-9-19(10-8-18)23(21,22)12-15(20)17-6-5-16/h2-4,11H,5-10,12,16H2,1H3,(H,17,20). The molecule has 7 nitrogen and oxygen atoms in total. The fourth-order valence-corrected chi connectivity index (χ4v) is 3.90. The van der Waals surface area contributed by atoms with Gasteiger partial charge in [-0.1, -0.05) is 12.1 Å². The smallest absolute Gasteiger partial charge is 0.236 e. The van der Waals surface area contributed by atoms with Crippen molar-refractivity contribution < 1.29 is 13.2 Å². The minimum Gasteiger partial charge on any atom is -0.369 e. The van der Waals surface area contributed by atoms with Gasteiger partial charge in [0.05, 0.1) is 0 Å². The number of hydrogen-bond donors (Lipinski definition) is 2. The highest BCUT2D eigenvalue weighted by Gasteiger charge is 2.28. The molecule has 1 aliphatic heterocycles. The van der Waals surface area contributed by atoms with Crippen molar-refractivity contribution in [1.82, 2.24) is 9.62 Å². The fraction of sp³-hybridized carbons (Fsp3) is 0.533. The predicted octanol–water partition coefficient (Wildman–Crippen LogP) is -0.478. The number of rotatable bonds is 6. The highest BCUT2D eigenvalue weighted by Crippen LogP contribution is 2.18. The van der Waals surface area contributed by atoms with E-state index in [2.05, 4.69) is 16.3 Å². The first kappa shape index (κ1) is 17.7. The van der Waals surface area contributed by atoms with Crippen LogP contribution in [-0.2, 0) is 14.8 Å². The Balaban J connectivity index is 1.91. The average molecular weight is 340 g/mol. The van der Waals surface area contributed by atoms with Crippen molar-refractivity contribution in [2.45, 2.75) is 6.92 Å². The summed E-state index contributed by atoms with van der Waals surface area (Å²) in [5.74, 6) is -1.02. The van der Waals surface area contributed by atoms with E-state index in [4.69, 9.17) is 5.73 Å². The molecule has 128 valence electrons. The Morgan fingerprint density at radius 1 is 1.26 bits per heavy atom. The zero-order chi connectivity index (χ0) is 16.9. The molecule has 8 heteroatoms. The van der Waals surface area contributed by atoms with Crippen LogP contribution in [0.2, 0.25) is 0 Å². The number of sulfonamides is 1. The summed E-state index contributed by atoms with van der Waals surface area (Å²) >= 11 is 0. The Kier molecular flexibility index (Phi) is 5.97. The van der Waals surface area contributed by atoms with Gasteiger partial charge in [-0.15, -0.1) is 0 Å². The van der Waals surface area contributed by atoms with Gasteiger partial charge >= 0.3 is 0 Å². The molecule has 23 heavy (non-hydrogen) atoms. The zero-order valence-electron chi connectivity index (χ0n) is 13.4. The van der Waals surface area contributed by atoms with E-state index in [0.29, 0.717) is 32.7 Å². The van der Waals surface area contributed by atoms with Crippen molar-refractivity contribution in [2.75, 3.05) is 49.9 Å². The number of carbonyl (C=O) groups is 1. The van der Waals surface area contributed by atoms with E-state index in [0.717, 1.165) is 5.69 Å². The lowest BCUT2D eigenvalue weighted by atomic mass is 10.2. The Hall–Kier alpha value is -1.64. The number of carbonyl (C=O) groups excluding carboxylic acids is 1. The van der Waals surface area contributed by atoms with Crippen LogP contribution in [0.5, 0.6) is 0 Å². The molecule has 1 aromatic rings. The van der Waals surface area contributed by atoms with E-state index in [9.17, 15) is 13.2 Å². The van der Waals surface area contributed by atoms with Gasteiger partial charge in [0.25, 0.3) is 0 Å². The van der Waals surface area contributed by atoms with Crippen molar-refractivity contribution in [1.29, 1.82) is 0 Å². The molecular weight excluding hydrogens is 316 g/mol. The van der Waals surface area contributed by atoms with Gasteiger partial charge in [-0.05, 0) is 24.6 Å². The molecule has 1 aliphatic rings. The van der Waals surface area contributed by atoms with Crippen LogP contribution in [0, 0.1) is 6.92 Å². The van der Waals surface area contributed by atoms with E-state index >= 15 is 0 Å². The Labute approximate surface area is 137 Å². The Morgan fingerprint density at radius 3 is 2.57 bits per heavy atom. The molecule has 0 spiro atoms. The maximum Gasteiger partial charge on any atom is 0.236 e. The van der Waals surface area contributed by atoms with Crippen LogP contribution >= 0.6 is 0 Å². The van der Waals surface area contributed by atoms with Gasteiger partial charge in [-0.25, -0.2) is 8.42 Å². The molecule has 0 radical (unpaired) electrons. The van der Waals surface area contributed by atoms with E-state index in [-0.39, 0.29) is 6.54 Å². The predicted molar refractivity (Wildman–Crippen MR) is 90.8 cm³/mol. The third-order valence-electron chi connectivity index (χ3n) is 3.78. The number of aryl methyl sites for hydroxylation is 1. The largest absolute Gasteiger partial charge is 0.369 e. The summed E-state index contributed by atoms with van der Waals surface area (Å²) in [6, 6.07) is 8.14. The lowest BCUT2D eigenvalue weighted by Gasteiger charge is -2.35. The van der Waals surface area contributed by atoms with Crippen molar-refractivity contribution in [2.24, 2.45) is 5.73 Å². The monoisotopic (exact) mass is 340 g/mol. The van der Waals surface area contributed by atoms with Crippen LogP contribution in [0.15, 0.2) is 24.3 Å². The molecule has 0 aromatic heterocycles.